The Kier molecular flexibility index (Phi) is 6.36. The number of esters is 1. The predicted octanol–water partition coefficient (Wildman–Crippen LogP) is 2.78. The van der Waals surface area contributed by atoms with Gasteiger partial charge in [-0.2, -0.15) is 0 Å². The number of carbonyl (C=O) groups is 3. The molecule has 0 saturated carbocycles. The number of aromatic amines is 1. The number of ether oxygens (including phenoxy) is 1. The summed E-state index contributed by atoms with van der Waals surface area (Å²) in [5, 5.41) is 2.71. The molecule has 0 aliphatic carbocycles. The van der Waals surface area contributed by atoms with Gasteiger partial charge in [-0.05, 0) is 29.8 Å². The molecule has 3 aromatic rings. The molecule has 0 saturated heterocycles. The van der Waals surface area contributed by atoms with E-state index in [1.165, 1.54) is 0 Å². The topological polar surface area (TPSA) is 88.3 Å². The molecule has 2 aromatic carbocycles. The fraction of sp³-hybridized carbons (Fsp3) is 0.136. The number of benzene rings is 2. The van der Waals surface area contributed by atoms with E-state index in [9.17, 15) is 14.4 Å². The summed E-state index contributed by atoms with van der Waals surface area (Å²) >= 11 is 0. The van der Waals surface area contributed by atoms with Crippen molar-refractivity contribution in [1.82, 2.24) is 10.3 Å². The Hall–Kier alpha value is -3.67. The average Bonchev–Trinajstić information content (AvgIpc) is 3.27. The third-order valence-corrected chi connectivity index (χ3v) is 4.15. The van der Waals surface area contributed by atoms with Crippen molar-refractivity contribution in [2.75, 3.05) is 6.61 Å². The van der Waals surface area contributed by atoms with Crippen LogP contribution in [0.2, 0.25) is 0 Å². The van der Waals surface area contributed by atoms with Gasteiger partial charge >= 0.3 is 5.97 Å². The molecule has 0 aliphatic rings. The highest BCUT2D eigenvalue weighted by atomic mass is 16.5. The zero-order chi connectivity index (χ0) is 19.8. The largest absolute Gasteiger partial charge is 0.456 e. The van der Waals surface area contributed by atoms with Crippen LogP contribution in [-0.2, 0) is 16.0 Å². The third kappa shape index (κ3) is 5.17. The lowest BCUT2D eigenvalue weighted by Gasteiger charge is -2.18. The standard InChI is InChI=1S/C22H20N2O4/c25-20(18-12-7-13-23-18)15-28-22(27)19(14-16-8-3-1-4-9-16)24-21(26)17-10-5-2-6-11-17/h1-13,19,23H,14-15H2,(H,24,26). The third-order valence-electron chi connectivity index (χ3n) is 4.15. The van der Waals surface area contributed by atoms with Gasteiger partial charge in [0.1, 0.15) is 6.04 Å². The second-order valence-electron chi connectivity index (χ2n) is 6.20. The summed E-state index contributed by atoms with van der Waals surface area (Å²) < 4.78 is 5.18. The SMILES string of the molecule is O=C(NC(Cc1ccccc1)C(=O)OCC(=O)c1ccc[nH]1)c1ccccc1. The molecule has 6 nitrogen and oxygen atoms in total. The van der Waals surface area contributed by atoms with Gasteiger partial charge in [0.25, 0.3) is 5.91 Å². The first-order valence-corrected chi connectivity index (χ1v) is 8.86. The molecule has 1 atom stereocenters. The van der Waals surface area contributed by atoms with E-state index < -0.39 is 18.6 Å². The second-order valence-corrected chi connectivity index (χ2v) is 6.20. The smallest absolute Gasteiger partial charge is 0.329 e. The first kappa shape index (κ1) is 19.1. The van der Waals surface area contributed by atoms with Crippen molar-refractivity contribution < 1.29 is 19.1 Å². The highest BCUT2D eigenvalue weighted by molar-refractivity contribution is 5.98. The normalized spacial score (nSPS) is 11.4. The van der Waals surface area contributed by atoms with E-state index in [0.29, 0.717) is 11.3 Å². The Morgan fingerprint density at radius 1 is 0.893 bits per heavy atom. The number of Topliss-reactive ketones (excluding diaryl/α,β-unsaturated/α-hetero) is 1. The predicted molar refractivity (Wildman–Crippen MR) is 104 cm³/mol. The summed E-state index contributed by atoms with van der Waals surface area (Å²) in [5.74, 6) is -1.38. The summed E-state index contributed by atoms with van der Waals surface area (Å²) in [5.41, 5.74) is 1.67. The van der Waals surface area contributed by atoms with E-state index in [1.54, 1.807) is 48.7 Å². The molecule has 1 unspecified atom stereocenters. The molecule has 28 heavy (non-hydrogen) atoms. The molecule has 1 aromatic heterocycles. The molecule has 142 valence electrons. The van der Waals surface area contributed by atoms with Crippen molar-refractivity contribution in [3.05, 3.63) is 95.8 Å². The van der Waals surface area contributed by atoms with Crippen molar-refractivity contribution in [3.8, 4) is 0 Å². The minimum absolute atomic E-state index is 0.259. The van der Waals surface area contributed by atoms with Crippen LogP contribution in [0.25, 0.3) is 0 Å². The van der Waals surface area contributed by atoms with Gasteiger partial charge in [-0.15, -0.1) is 0 Å². The molecule has 1 amide bonds. The Morgan fingerprint density at radius 2 is 1.57 bits per heavy atom. The summed E-state index contributed by atoms with van der Waals surface area (Å²) in [7, 11) is 0. The number of H-pyrrole nitrogens is 1. The summed E-state index contributed by atoms with van der Waals surface area (Å²) in [6.45, 7) is -0.397. The summed E-state index contributed by atoms with van der Waals surface area (Å²) in [6, 6.07) is 20.3. The number of rotatable bonds is 8. The fourth-order valence-corrected chi connectivity index (χ4v) is 2.69. The molecule has 1 heterocycles. The molecule has 0 bridgehead atoms. The van der Waals surface area contributed by atoms with Crippen molar-refractivity contribution in [3.63, 3.8) is 0 Å². The quantitative estimate of drug-likeness (QED) is 0.467. The van der Waals surface area contributed by atoms with Gasteiger partial charge in [0.15, 0.2) is 6.61 Å². The van der Waals surface area contributed by atoms with E-state index in [-0.39, 0.29) is 18.1 Å². The lowest BCUT2D eigenvalue weighted by atomic mass is 10.1. The Balaban J connectivity index is 1.68. The molecule has 0 radical (unpaired) electrons. The van der Waals surface area contributed by atoms with Crippen LogP contribution in [0.4, 0.5) is 0 Å². The number of aromatic nitrogens is 1. The lowest BCUT2D eigenvalue weighted by molar-refractivity contribution is -0.144. The zero-order valence-electron chi connectivity index (χ0n) is 15.1. The number of nitrogens with one attached hydrogen (secondary N) is 2. The summed E-state index contributed by atoms with van der Waals surface area (Å²) in [6.07, 6.45) is 1.88. The van der Waals surface area contributed by atoms with Crippen molar-refractivity contribution in [1.29, 1.82) is 0 Å². The van der Waals surface area contributed by atoms with Gasteiger partial charge < -0.3 is 15.0 Å². The Morgan fingerprint density at radius 3 is 2.21 bits per heavy atom. The van der Waals surface area contributed by atoms with Gasteiger partial charge in [-0.3, -0.25) is 9.59 Å². The molecule has 2 N–H and O–H groups in total. The number of hydrogen-bond acceptors (Lipinski definition) is 4. The van der Waals surface area contributed by atoms with E-state index in [1.807, 2.05) is 30.3 Å². The van der Waals surface area contributed by atoms with Crippen molar-refractivity contribution >= 4 is 17.7 Å². The first-order chi connectivity index (χ1) is 13.6. The maximum Gasteiger partial charge on any atom is 0.329 e. The van der Waals surface area contributed by atoms with Crippen LogP contribution in [0.5, 0.6) is 0 Å². The maximum absolute atomic E-state index is 12.6. The zero-order valence-corrected chi connectivity index (χ0v) is 15.1. The van der Waals surface area contributed by atoms with Crippen LogP contribution in [0.1, 0.15) is 26.4 Å². The number of ketones is 1. The van der Waals surface area contributed by atoms with Gasteiger partial charge in [-0.1, -0.05) is 48.5 Å². The van der Waals surface area contributed by atoms with Crippen LogP contribution in [0, 0.1) is 0 Å². The van der Waals surface area contributed by atoms with E-state index in [0.717, 1.165) is 5.56 Å². The van der Waals surface area contributed by atoms with Gasteiger partial charge in [-0.25, -0.2) is 4.79 Å². The van der Waals surface area contributed by atoms with Gasteiger partial charge in [0.05, 0.1) is 5.69 Å². The molecular formula is C22H20N2O4. The van der Waals surface area contributed by atoms with Crippen LogP contribution < -0.4 is 5.32 Å². The fourth-order valence-electron chi connectivity index (χ4n) is 2.69. The monoisotopic (exact) mass is 376 g/mol. The van der Waals surface area contributed by atoms with E-state index in [2.05, 4.69) is 10.3 Å². The molecule has 0 fully saturated rings. The molecule has 6 heteroatoms. The lowest BCUT2D eigenvalue weighted by Crippen LogP contribution is -2.43. The van der Waals surface area contributed by atoms with Crippen molar-refractivity contribution in [2.45, 2.75) is 12.5 Å². The number of carbonyl (C=O) groups excluding carboxylic acids is 3. The van der Waals surface area contributed by atoms with E-state index >= 15 is 0 Å². The number of hydrogen-bond donors (Lipinski definition) is 2. The second kappa shape index (κ2) is 9.32. The Labute approximate surface area is 162 Å². The highest BCUT2D eigenvalue weighted by Crippen LogP contribution is 2.07. The highest BCUT2D eigenvalue weighted by Gasteiger charge is 2.24. The summed E-state index contributed by atoms with van der Waals surface area (Å²) in [4.78, 5) is 39.9. The van der Waals surface area contributed by atoms with Crippen LogP contribution in [0.3, 0.4) is 0 Å². The van der Waals surface area contributed by atoms with Crippen LogP contribution in [-0.4, -0.2) is 35.3 Å². The first-order valence-electron chi connectivity index (χ1n) is 8.86. The maximum atomic E-state index is 12.6. The average molecular weight is 376 g/mol. The molecule has 3 rings (SSSR count). The Bertz CT molecular complexity index is 922. The molecular weight excluding hydrogens is 356 g/mol. The van der Waals surface area contributed by atoms with Gasteiger partial charge in [0, 0.05) is 18.2 Å². The van der Waals surface area contributed by atoms with Crippen LogP contribution >= 0.6 is 0 Å². The van der Waals surface area contributed by atoms with Crippen molar-refractivity contribution in [2.24, 2.45) is 0 Å². The molecule has 0 aliphatic heterocycles. The van der Waals surface area contributed by atoms with E-state index in [4.69, 9.17) is 4.74 Å². The number of amides is 1. The minimum Gasteiger partial charge on any atom is -0.456 e. The van der Waals surface area contributed by atoms with Crippen LogP contribution in [0.15, 0.2) is 79.0 Å². The molecule has 0 spiro atoms. The minimum atomic E-state index is -0.911. The van der Waals surface area contributed by atoms with Gasteiger partial charge in [0.2, 0.25) is 5.78 Å².